The summed E-state index contributed by atoms with van der Waals surface area (Å²) >= 11 is 0. The van der Waals surface area contributed by atoms with Crippen molar-refractivity contribution in [3.8, 4) is 0 Å². The highest BCUT2D eigenvalue weighted by Crippen LogP contribution is 2.22. The van der Waals surface area contributed by atoms with E-state index in [0.717, 1.165) is 29.2 Å². The molecule has 0 aliphatic carbocycles. The molecule has 2 aromatic rings. The van der Waals surface area contributed by atoms with Crippen LogP contribution in [0.1, 0.15) is 62.1 Å². The SMILES string of the molecule is CCC(N)c1c(C)nn(Cc2ncnn2C(C)C)c1C. The lowest BCUT2D eigenvalue weighted by molar-refractivity contribution is 0.485. The van der Waals surface area contributed by atoms with Crippen LogP contribution in [0, 0.1) is 13.8 Å². The summed E-state index contributed by atoms with van der Waals surface area (Å²) in [5.74, 6) is 0.919. The summed E-state index contributed by atoms with van der Waals surface area (Å²) in [6, 6.07) is 0.341. The van der Waals surface area contributed by atoms with Gasteiger partial charge < -0.3 is 5.73 Å². The Kier molecular flexibility index (Phi) is 4.23. The second-order valence-electron chi connectivity index (χ2n) is 5.47. The fourth-order valence-corrected chi connectivity index (χ4v) is 2.56. The Balaban J connectivity index is 2.33. The zero-order chi connectivity index (χ0) is 14.9. The van der Waals surface area contributed by atoms with Crippen LogP contribution in [-0.4, -0.2) is 24.5 Å². The number of aromatic nitrogens is 5. The zero-order valence-electron chi connectivity index (χ0n) is 13.0. The third kappa shape index (κ3) is 2.60. The predicted molar refractivity (Wildman–Crippen MR) is 78.4 cm³/mol. The molecule has 0 radical (unpaired) electrons. The van der Waals surface area contributed by atoms with Crippen molar-refractivity contribution in [2.75, 3.05) is 0 Å². The normalized spacial score (nSPS) is 13.2. The van der Waals surface area contributed by atoms with Gasteiger partial charge in [-0.1, -0.05) is 6.92 Å². The highest BCUT2D eigenvalue weighted by atomic mass is 15.4. The van der Waals surface area contributed by atoms with Crippen molar-refractivity contribution >= 4 is 0 Å². The van der Waals surface area contributed by atoms with Crippen LogP contribution in [-0.2, 0) is 6.54 Å². The van der Waals surface area contributed by atoms with Crippen LogP contribution in [0.25, 0.3) is 0 Å². The average Bonchev–Trinajstić information content (AvgIpc) is 2.95. The van der Waals surface area contributed by atoms with Gasteiger partial charge in [0.15, 0.2) is 0 Å². The van der Waals surface area contributed by atoms with Crippen molar-refractivity contribution in [3.05, 3.63) is 29.1 Å². The molecule has 2 rings (SSSR count). The zero-order valence-corrected chi connectivity index (χ0v) is 13.0. The maximum absolute atomic E-state index is 6.17. The monoisotopic (exact) mass is 276 g/mol. The summed E-state index contributed by atoms with van der Waals surface area (Å²) in [6.07, 6.45) is 2.51. The maximum Gasteiger partial charge on any atom is 0.148 e. The smallest absolute Gasteiger partial charge is 0.148 e. The van der Waals surface area contributed by atoms with E-state index >= 15 is 0 Å². The molecular formula is C14H24N6. The lowest BCUT2D eigenvalue weighted by Gasteiger charge is -2.12. The topological polar surface area (TPSA) is 74.6 Å². The summed E-state index contributed by atoms with van der Waals surface area (Å²) in [6.45, 7) is 11.0. The van der Waals surface area contributed by atoms with Gasteiger partial charge in [0.25, 0.3) is 0 Å². The van der Waals surface area contributed by atoms with E-state index in [1.807, 2.05) is 16.3 Å². The van der Waals surface area contributed by atoms with Crippen molar-refractivity contribution < 1.29 is 0 Å². The van der Waals surface area contributed by atoms with E-state index in [4.69, 9.17) is 5.73 Å². The maximum atomic E-state index is 6.17. The lowest BCUT2D eigenvalue weighted by Crippen LogP contribution is -2.14. The van der Waals surface area contributed by atoms with Gasteiger partial charge in [-0.2, -0.15) is 10.2 Å². The molecule has 20 heavy (non-hydrogen) atoms. The second-order valence-corrected chi connectivity index (χ2v) is 5.47. The second kappa shape index (κ2) is 5.75. The molecule has 0 aromatic carbocycles. The lowest BCUT2D eigenvalue weighted by atomic mass is 10.0. The van der Waals surface area contributed by atoms with E-state index in [9.17, 15) is 0 Å². The molecule has 0 fully saturated rings. The van der Waals surface area contributed by atoms with E-state index < -0.39 is 0 Å². The summed E-state index contributed by atoms with van der Waals surface area (Å²) in [5, 5.41) is 8.87. The Morgan fingerprint density at radius 1 is 1.30 bits per heavy atom. The molecule has 0 bridgehead atoms. The fourth-order valence-electron chi connectivity index (χ4n) is 2.56. The number of hydrogen-bond acceptors (Lipinski definition) is 4. The van der Waals surface area contributed by atoms with Crippen molar-refractivity contribution in [2.45, 2.75) is 59.7 Å². The number of aryl methyl sites for hydroxylation is 1. The first-order valence-electron chi connectivity index (χ1n) is 7.13. The van der Waals surface area contributed by atoms with E-state index in [1.165, 1.54) is 0 Å². The van der Waals surface area contributed by atoms with E-state index in [-0.39, 0.29) is 6.04 Å². The Labute approximate surface area is 120 Å². The molecule has 0 aliphatic rings. The standard InChI is InChI=1S/C14H24N6/c1-6-12(15)14-10(4)18-19(11(14)5)7-13-16-8-17-20(13)9(2)3/h8-9,12H,6-7,15H2,1-5H3. The van der Waals surface area contributed by atoms with Crippen molar-refractivity contribution in [1.82, 2.24) is 24.5 Å². The van der Waals surface area contributed by atoms with Gasteiger partial charge in [0.05, 0.1) is 5.69 Å². The van der Waals surface area contributed by atoms with Crippen molar-refractivity contribution in [1.29, 1.82) is 0 Å². The van der Waals surface area contributed by atoms with Gasteiger partial charge in [-0.3, -0.25) is 4.68 Å². The van der Waals surface area contributed by atoms with Crippen LogP contribution in [0.3, 0.4) is 0 Å². The summed E-state index contributed by atoms with van der Waals surface area (Å²) in [5.41, 5.74) is 9.46. The highest BCUT2D eigenvalue weighted by molar-refractivity contribution is 5.28. The fraction of sp³-hybridized carbons (Fsp3) is 0.643. The summed E-state index contributed by atoms with van der Waals surface area (Å²) in [4.78, 5) is 4.34. The minimum absolute atomic E-state index is 0.0479. The van der Waals surface area contributed by atoms with Crippen LogP contribution < -0.4 is 5.73 Å². The molecule has 0 amide bonds. The van der Waals surface area contributed by atoms with Crippen LogP contribution in [0.4, 0.5) is 0 Å². The average molecular weight is 276 g/mol. The van der Waals surface area contributed by atoms with Gasteiger partial charge in [-0.05, 0) is 34.1 Å². The first-order chi connectivity index (χ1) is 9.45. The molecule has 0 saturated carbocycles. The Hall–Kier alpha value is -1.69. The highest BCUT2D eigenvalue weighted by Gasteiger charge is 2.18. The Morgan fingerprint density at radius 2 is 2.00 bits per heavy atom. The molecule has 6 nitrogen and oxygen atoms in total. The molecular weight excluding hydrogens is 252 g/mol. The van der Waals surface area contributed by atoms with Gasteiger partial charge in [-0.15, -0.1) is 0 Å². The number of hydrogen-bond donors (Lipinski definition) is 1. The molecule has 2 heterocycles. The molecule has 6 heteroatoms. The van der Waals surface area contributed by atoms with Gasteiger partial charge in [0.1, 0.15) is 18.7 Å². The van der Waals surface area contributed by atoms with Gasteiger partial charge >= 0.3 is 0 Å². The number of nitrogens with zero attached hydrogens (tertiary/aromatic N) is 5. The quantitative estimate of drug-likeness (QED) is 0.907. The first kappa shape index (κ1) is 14.7. The minimum atomic E-state index is 0.0479. The van der Waals surface area contributed by atoms with Crippen LogP contribution in [0.15, 0.2) is 6.33 Å². The largest absolute Gasteiger partial charge is 0.324 e. The summed E-state index contributed by atoms with van der Waals surface area (Å²) in [7, 11) is 0. The van der Waals surface area contributed by atoms with Crippen LogP contribution in [0.2, 0.25) is 0 Å². The Bertz CT molecular complexity index is 580. The number of rotatable bonds is 5. The first-order valence-corrected chi connectivity index (χ1v) is 7.13. The van der Waals surface area contributed by atoms with Gasteiger partial charge in [0, 0.05) is 23.3 Å². The van der Waals surface area contributed by atoms with Gasteiger partial charge in [-0.25, -0.2) is 9.67 Å². The molecule has 110 valence electrons. The molecule has 0 saturated heterocycles. The predicted octanol–water partition coefficient (Wildman–Crippen LogP) is 2.13. The van der Waals surface area contributed by atoms with Crippen molar-refractivity contribution in [2.24, 2.45) is 5.73 Å². The van der Waals surface area contributed by atoms with Crippen LogP contribution >= 0.6 is 0 Å². The van der Waals surface area contributed by atoms with Crippen molar-refractivity contribution in [3.63, 3.8) is 0 Å². The van der Waals surface area contributed by atoms with E-state index in [0.29, 0.717) is 12.6 Å². The molecule has 0 spiro atoms. The minimum Gasteiger partial charge on any atom is -0.324 e. The summed E-state index contributed by atoms with van der Waals surface area (Å²) < 4.78 is 3.90. The molecule has 0 aliphatic heterocycles. The molecule has 2 aromatic heterocycles. The van der Waals surface area contributed by atoms with Gasteiger partial charge in [0.2, 0.25) is 0 Å². The van der Waals surface area contributed by atoms with E-state index in [1.54, 1.807) is 6.33 Å². The number of nitrogens with two attached hydrogens (primary N) is 1. The molecule has 1 unspecified atom stereocenters. The third-order valence-corrected chi connectivity index (χ3v) is 3.68. The molecule has 1 atom stereocenters. The molecule has 2 N–H and O–H groups in total. The third-order valence-electron chi connectivity index (χ3n) is 3.68. The Morgan fingerprint density at radius 3 is 2.60 bits per heavy atom. The van der Waals surface area contributed by atoms with E-state index in [2.05, 4.69) is 42.9 Å². The van der Waals surface area contributed by atoms with Crippen LogP contribution in [0.5, 0.6) is 0 Å².